The molecule has 140 valence electrons. The van der Waals surface area contributed by atoms with E-state index in [9.17, 15) is 19.5 Å². The number of rotatable bonds is 8. The molecule has 0 unspecified atom stereocenters. The largest absolute Gasteiger partial charge is 0.480 e. The van der Waals surface area contributed by atoms with Crippen LogP contribution in [0.1, 0.15) is 18.4 Å². The molecule has 26 heavy (non-hydrogen) atoms. The van der Waals surface area contributed by atoms with E-state index in [1.807, 2.05) is 30.3 Å². The van der Waals surface area contributed by atoms with Crippen LogP contribution in [-0.4, -0.2) is 53.0 Å². The van der Waals surface area contributed by atoms with Crippen LogP contribution in [0.3, 0.4) is 0 Å². The van der Waals surface area contributed by atoms with Gasteiger partial charge in [0.05, 0.1) is 5.92 Å². The number of β-lactam (4-membered cyclic amide) rings is 1. The van der Waals surface area contributed by atoms with Crippen molar-refractivity contribution in [1.29, 1.82) is 0 Å². The number of aliphatic carboxylic acids is 1. The summed E-state index contributed by atoms with van der Waals surface area (Å²) in [5, 5.41) is 11.9. The summed E-state index contributed by atoms with van der Waals surface area (Å²) >= 11 is 0. The van der Waals surface area contributed by atoms with Crippen LogP contribution in [0.4, 0.5) is 4.79 Å². The molecule has 1 aliphatic heterocycles. The number of carboxylic acid groups (broad SMARTS) is 1. The molecule has 1 saturated heterocycles. The molecule has 2 atom stereocenters. The molecule has 0 saturated carbocycles. The molecule has 0 aromatic heterocycles. The fraction of sp³-hybridized carbons (Fsp3) is 0.412. The summed E-state index contributed by atoms with van der Waals surface area (Å²) in [6.45, 7) is 0.621. The second-order valence-electron chi connectivity index (χ2n) is 6.01. The molecule has 0 spiro atoms. The number of hydrogen-bond donors (Lipinski definition) is 4. The third kappa shape index (κ3) is 4.71. The van der Waals surface area contributed by atoms with E-state index in [0.717, 1.165) is 10.5 Å². The highest BCUT2D eigenvalue weighted by molar-refractivity contribution is 6.07. The van der Waals surface area contributed by atoms with E-state index in [1.165, 1.54) is 0 Å². The highest BCUT2D eigenvalue weighted by atomic mass is 16.4. The van der Waals surface area contributed by atoms with Crippen molar-refractivity contribution in [1.82, 2.24) is 10.2 Å². The van der Waals surface area contributed by atoms with Gasteiger partial charge in [-0.05, 0) is 24.8 Å². The van der Waals surface area contributed by atoms with Crippen molar-refractivity contribution < 1.29 is 19.5 Å². The quantitative estimate of drug-likeness (QED) is 0.220. The third-order valence-corrected chi connectivity index (χ3v) is 4.19. The first-order chi connectivity index (χ1) is 12.4. The third-order valence-electron chi connectivity index (χ3n) is 4.19. The summed E-state index contributed by atoms with van der Waals surface area (Å²) in [4.78, 5) is 40.4. The molecule has 1 heterocycles. The molecule has 6 N–H and O–H groups in total. The van der Waals surface area contributed by atoms with Gasteiger partial charge in [-0.2, -0.15) is 0 Å². The van der Waals surface area contributed by atoms with Crippen molar-refractivity contribution in [2.45, 2.75) is 25.3 Å². The van der Waals surface area contributed by atoms with Crippen molar-refractivity contribution in [2.24, 2.45) is 22.4 Å². The summed E-state index contributed by atoms with van der Waals surface area (Å²) in [7, 11) is 0. The number of nitrogens with one attached hydrogen (secondary N) is 1. The highest BCUT2D eigenvalue weighted by Gasteiger charge is 2.54. The van der Waals surface area contributed by atoms with Gasteiger partial charge in [0.15, 0.2) is 12.0 Å². The maximum absolute atomic E-state index is 12.2. The van der Waals surface area contributed by atoms with E-state index >= 15 is 0 Å². The van der Waals surface area contributed by atoms with Crippen LogP contribution in [-0.2, 0) is 16.0 Å². The number of nitrogens with two attached hydrogens (primary N) is 2. The Bertz CT molecular complexity index is 688. The number of guanidine groups is 1. The van der Waals surface area contributed by atoms with Crippen LogP contribution in [0.15, 0.2) is 35.3 Å². The lowest BCUT2D eigenvalue weighted by molar-refractivity contribution is -0.166. The maximum Gasteiger partial charge on any atom is 0.327 e. The normalized spacial score (nSPS) is 18.8. The summed E-state index contributed by atoms with van der Waals surface area (Å²) in [5.74, 6) is -2.48. The minimum absolute atomic E-state index is 0.0564. The van der Waals surface area contributed by atoms with Crippen molar-refractivity contribution >= 4 is 23.9 Å². The van der Waals surface area contributed by atoms with Gasteiger partial charge in [0.2, 0.25) is 5.91 Å². The topological polar surface area (TPSA) is 151 Å². The minimum Gasteiger partial charge on any atom is -0.480 e. The predicted molar refractivity (Wildman–Crippen MR) is 95.2 cm³/mol. The molecule has 0 radical (unpaired) electrons. The molecule has 0 bridgehead atoms. The van der Waals surface area contributed by atoms with Gasteiger partial charge in [-0.15, -0.1) is 0 Å². The van der Waals surface area contributed by atoms with Crippen molar-refractivity contribution in [3.63, 3.8) is 0 Å². The molecule has 1 aromatic rings. The molecule has 1 aliphatic rings. The molecular formula is C17H23N5O4. The zero-order valence-corrected chi connectivity index (χ0v) is 14.3. The average molecular weight is 361 g/mol. The fourth-order valence-electron chi connectivity index (χ4n) is 2.90. The Morgan fingerprint density at radius 2 is 1.92 bits per heavy atom. The zero-order chi connectivity index (χ0) is 19.1. The zero-order valence-electron chi connectivity index (χ0n) is 14.3. The van der Waals surface area contributed by atoms with E-state index in [2.05, 4.69) is 10.3 Å². The number of benzene rings is 1. The van der Waals surface area contributed by atoms with Crippen LogP contribution < -0.4 is 16.8 Å². The van der Waals surface area contributed by atoms with Gasteiger partial charge in [0.1, 0.15) is 0 Å². The number of carboxylic acids is 1. The SMILES string of the molecule is NC(N)=NCCC[C@H]1C(=O)N(C(=O)NCCc2ccccc2)[C@@H]1C(=O)O. The van der Waals surface area contributed by atoms with Gasteiger partial charge >= 0.3 is 12.0 Å². The molecular weight excluding hydrogens is 338 g/mol. The molecule has 2 rings (SSSR count). The minimum atomic E-state index is -1.20. The second kappa shape index (κ2) is 8.84. The smallest absolute Gasteiger partial charge is 0.327 e. The maximum atomic E-state index is 12.2. The van der Waals surface area contributed by atoms with Crippen LogP contribution >= 0.6 is 0 Å². The van der Waals surface area contributed by atoms with Crippen molar-refractivity contribution in [3.8, 4) is 0 Å². The Morgan fingerprint density at radius 3 is 2.54 bits per heavy atom. The molecule has 1 aromatic carbocycles. The van der Waals surface area contributed by atoms with Gasteiger partial charge in [0.25, 0.3) is 0 Å². The molecule has 9 heteroatoms. The first-order valence-corrected chi connectivity index (χ1v) is 8.35. The van der Waals surface area contributed by atoms with Gasteiger partial charge in [0, 0.05) is 13.1 Å². The molecule has 3 amide bonds. The van der Waals surface area contributed by atoms with Gasteiger partial charge in [-0.25, -0.2) is 14.5 Å². The predicted octanol–water partition coefficient (Wildman–Crippen LogP) is -0.0961. The summed E-state index contributed by atoms with van der Waals surface area (Å²) in [6.07, 6.45) is 1.36. The number of urea groups is 1. The summed E-state index contributed by atoms with van der Waals surface area (Å²) in [5.41, 5.74) is 11.5. The van der Waals surface area contributed by atoms with Crippen LogP contribution in [0, 0.1) is 5.92 Å². The van der Waals surface area contributed by atoms with Gasteiger partial charge in [-0.1, -0.05) is 30.3 Å². The van der Waals surface area contributed by atoms with Gasteiger partial charge in [-0.3, -0.25) is 9.79 Å². The van der Waals surface area contributed by atoms with E-state index in [1.54, 1.807) is 0 Å². The molecule has 9 nitrogen and oxygen atoms in total. The Kier molecular flexibility index (Phi) is 6.54. The van der Waals surface area contributed by atoms with E-state index in [4.69, 9.17) is 11.5 Å². The summed E-state index contributed by atoms with van der Waals surface area (Å²) < 4.78 is 0. The number of carbonyl (C=O) groups is 3. The standard InChI is InChI=1S/C17H23N5O4/c18-16(19)20-9-4-7-12-13(15(24)25)22(14(12)23)17(26)21-10-8-11-5-2-1-3-6-11/h1-3,5-6,12-13H,4,7-10H2,(H,21,26)(H,24,25)(H4,18,19,20)/t12-,13+/m1/s1. The van der Waals surface area contributed by atoms with Gasteiger partial charge < -0.3 is 21.9 Å². The van der Waals surface area contributed by atoms with E-state index in [-0.39, 0.29) is 5.96 Å². The highest BCUT2D eigenvalue weighted by Crippen LogP contribution is 2.31. The lowest BCUT2D eigenvalue weighted by Crippen LogP contribution is -2.68. The summed E-state index contributed by atoms with van der Waals surface area (Å²) in [6, 6.07) is 7.69. The van der Waals surface area contributed by atoms with Crippen molar-refractivity contribution in [3.05, 3.63) is 35.9 Å². The number of aliphatic imine (C=N–C) groups is 1. The number of likely N-dealkylation sites (tertiary alicyclic amines) is 1. The monoisotopic (exact) mass is 361 g/mol. The Balaban J connectivity index is 1.85. The number of amides is 3. The molecule has 0 aliphatic carbocycles. The fourth-order valence-corrected chi connectivity index (χ4v) is 2.90. The average Bonchev–Trinajstić information content (AvgIpc) is 2.59. The number of imide groups is 1. The Morgan fingerprint density at radius 1 is 1.23 bits per heavy atom. The number of nitrogens with zero attached hydrogens (tertiary/aromatic N) is 2. The molecule has 1 fully saturated rings. The first-order valence-electron chi connectivity index (χ1n) is 8.35. The first kappa shape index (κ1) is 19.2. The van der Waals surface area contributed by atoms with Crippen LogP contribution in [0.25, 0.3) is 0 Å². The number of carbonyl (C=O) groups excluding carboxylic acids is 2. The van der Waals surface area contributed by atoms with Crippen molar-refractivity contribution in [2.75, 3.05) is 13.1 Å². The lowest BCUT2D eigenvalue weighted by atomic mass is 9.84. The van der Waals surface area contributed by atoms with Crippen LogP contribution in [0.2, 0.25) is 0 Å². The Hall–Kier alpha value is -3.10. The Labute approximate surface area is 151 Å². The second-order valence-corrected chi connectivity index (χ2v) is 6.01. The van der Waals surface area contributed by atoms with Crippen LogP contribution in [0.5, 0.6) is 0 Å². The van der Waals surface area contributed by atoms with E-state index < -0.39 is 29.9 Å². The lowest BCUT2D eigenvalue weighted by Gasteiger charge is -2.42. The number of hydrogen-bond acceptors (Lipinski definition) is 4. The van der Waals surface area contributed by atoms with E-state index in [0.29, 0.717) is 32.4 Å².